The molecule has 1 fully saturated rings. The van der Waals surface area contributed by atoms with Crippen LogP contribution in [0.2, 0.25) is 0 Å². The van der Waals surface area contributed by atoms with Crippen molar-refractivity contribution in [3.63, 3.8) is 0 Å². The Balaban J connectivity index is 1.10. The van der Waals surface area contributed by atoms with E-state index < -0.39 is 4.92 Å². The van der Waals surface area contributed by atoms with Gasteiger partial charge in [-0.25, -0.2) is 4.98 Å². The average molecular weight is 572 g/mol. The molecule has 10 nitrogen and oxygen atoms in total. The number of amides is 1. The number of anilines is 1. The highest BCUT2D eigenvalue weighted by molar-refractivity contribution is 7.99. The Labute approximate surface area is 238 Å². The minimum absolute atomic E-state index is 0.0556. The highest BCUT2D eigenvalue weighted by atomic mass is 32.2. The maximum atomic E-state index is 13.2. The molecule has 2 aromatic heterocycles. The topological polar surface area (TPSA) is 110 Å². The molecule has 202 valence electrons. The number of carbonyl (C=O) groups excluding carboxylic acids is 1. The number of rotatable bonds is 8. The van der Waals surface area contributed by atoms with Gasteiger partial charge in [0.1, 0.15) is 0 Å². The zero-order chi connectivity index (χ0) is 27.5. The van der Waals surface area contributed by atoms with E-state index in [9.17, 15) is 14.9 Å². The number of benzene rings is 3. The predicted octanol–water partition coefficient (Wildman–Crippen LogP) is 4.95. The second-order valence-corrected chi connectivity index (χ2v) is 11.3. The van der Waals surface area contributed by atoms with Gasteiger partial charge in [-0.05, 0) is 11.6 Å². The van der Waals surface area contributed by atoms with Gasteiger partial charge in [-0.1, -0.05) is 83.8 Å². The maximum Gasteiger partial charge on any atom is 0.270 e. The lowest BCUT2D eigenvalue weighted by Crippen LogP contribution is -2.49. The SMILES string of the molecule is O=C(CSc1nnc(-c2ccccc2)n1Cc1ccccc1)N1CCN(c2nc3ccc([N+](=O)[O-])cc3s2)CC1. The first-order valence-corrected chi connectivity index (χ1v) is 14.6. The molecular formula is C28H25N7O3S2. The van der Waals surface area contributed by atoms with Crippen LogP contribution in [0.15, 0.2) is 84.0 Å². The summed E-state index contributed by atoms with van der Waals surface area (Å²) in [6.45, 7) is 3.09. The monoisotopic (exact) mass is 571 g/mol. The number of thiazole rings is 1. The molecule has 3 aromatic carbocycles. The minimum Gasteiger partial charge on any atom is -0.345 e. The van der Waals surface area contributed by atoms with Crippen molar-refractivity contribution in [3.8, 4) is 11.4 Å². The van der Waals surface area contributed by atoms with Crippen molar-refractivity contribution in [1.29, 1.82) is 0 Å². The fourth-order valence-electron chi connectivity index (χ4n) is 4.62. The third kappa shape index (κ3) is 5.54. The zero-order valence-corrected chi connectivity index (χ0v) is 23.1. The van der Waals surface area contributed by atoms with Gasteiger partial charge in [0.05, 0.1) is 27.4 Å². The maximum absolute atomic E-state index is 13.2. The molecule has 0 unspecified atom stereocenters. The molecule has 40 heavy (non-hydrogen) atoms. The first kappa shape index (κ1) is 26.0. The van der Waals surface area contributed by atoms with E-state index in [-0.39, 0.29) is 17.3 Å². The van der Waals surface area contributed by atoms with Crippen molar-refractivity contribution < 1.29 is 9.72 Å². The Hall–Kier alpha value is -4.29. The van der Waals surface area contributed by atoms with Gasteiger partial charge in [0.25, 0.3) is 5.69 Å². The van der Waals surface area contributed by atoms with Crippen LogP contribution in [0, 0.1) is 10.1 Å². The molecule has 1 saturated heterocycles. The molecule has 0 spiro atoms. The summed E-state index contributed by atoms with van der Waals surface area (Å²) in [5.74, 6) is 1.10. The molecule has 0 saturated carbocycles. The molecule has 0 bridgehead atoms. The number of hydrogen-bond donors (Lipinski definition) is 0. The Bertz CT molecular complexity index is 1650. The van der Waals surface area contributed by atoms with E-state index in [2.05, 4.69) is 36.8 Å². The third-order valence-electron chi connectivity index (χ3n) is 6.73. The smallest absolute Gasteiger partial charge is 0.270 e. The quantitative estimate of drug-likeness (QED) is 0.146. The minimum atomic E-state index is -0.395. The predicted molar refractivity (Wildman–Crippen MR) is 157 cm³/mol. The van der Waals surface area contributed by atoms with Gasteiger partial charge in [0.2, 0.25) is 5.91 Å². The summed E-state index contributed by atoms with van der Waals surface area (Å²) in [6, 6.07) is 24.8. The number of thioether (sulfide) groups is 1. The molecule has 1 amide bonds. The van der Waals surface area contributed by atoms with E-state index in [1.807, 2.05) is 53.4 Å². The van der Waals surface area contributed by atoms with Crippen molar-refractivity contribution in [2.45, 2.75) is 11.7 Å². The van der Waals surface area contributed by atoms with Crippen LogP contribution >= 0.6 is 23.1 Å². The fraction of sp³-hybridized carbons (Fsp3) is 0.214. The Kier molecular flexibility index (Phi) is 7.43. The van der Waals surface area contributed by atoms with Crippen LogP contribution in [0.3, 0.4) is 0 Å². The van der Waals surface area contributed by atoms with Gasteiger partial charge in [0, 0.05) is 43.9 Å². The first-order valence-electron chi connectivity index (χ1n) is 12.8. The summed E-state index contributed by atoms with van der Waals surface area (Å²) in [6.07, 6.45) is 0. The van der Waals surface area contributed by atoms with Gasteiger partial charge >= 0.3 is 0 Å². The average Bonchev–Trinajstić information content (AvgIpc) is 3.60. The summed E-state index contributed by atoms with van der Waals surface area (Å²) in [7, 11) is 0. The molecule has 0 atom stereocenters. The summed E-state index contributed by atoms with van der Waals surface area (Å²) in [4.78, 5) is 32.5. The van der Waals surface area contributed by atoms with Gasteiger partial charge in [-0.15, -0.1) is 10.2 Å². The van der Waals surface area contributed by atoms with E-state index >= 15 is 0 Å². The van der Waals surface area contributed by atoms with Crippen molar-refractivity contribution in [2.24, 2.45) is 0 Å². The first-order chi connectivity index (χ1) is 19.5. The van der Waals surface area contributed by atoms with Crippen molar-refractivity contribution in [3.05, 3.63) is 94.5 Å². The molecule has 0 N–H and O–H groups in total. The Morgan fingerprint density at radius 1 is 0.950 bits per heavy atom. The lowest BCUT2D eigenvalue weighted by molar-refractivity contribution is -0.384. The number of aromatic nitrogens is 4. The summed E-state index contributed by atoms with van der Waals surface area (Å²) < 4.78 is 2.85. The fourth-order valence-corrected chi connectivity index (χ4v) is 6.51. The molecule has 6 rings (SSSR count). The van der Waals surface area contributed by atoms with Crippen molar-refractivity contribution >= 4 is 50.0 Å². The number of hydrogen-bond acceptors (Lipinski definition) is 9. The van der Waals surface area contributed by atoms with Crippen molar-refractivity contribution in [2.75, 3.05) is 36.8 Å². The van der Waals surface area contributed by atoms with E-state index in [4.69, 9.17) is 0 Å². The number of piperazine rings is 1. The Morgan fingerprint density at radius 2 is 1.68 bits per heavy atom. The molecule has 1 aliphatic heterocycles. The van der Waals surface area contributed by atoms with Crippen LogP contribution in [0.1, 0.15) is 5.56 Å². The zero-order valence-electron chi connectivity index (χ0n) is 21.4. The van der Waals surface area contributed by atoms with Crippen LogP contribution < -0.4 is 4.90 Å². The summed E-state index contributed by atoms with van der Waals surface area (Å²) in [5, 5.41) is 21.5. The molecule has 0 aliphatic carbocycles. The molecule has 5 aromatic rings. The summed E-state index contributed by atoms with van der Waals surface area (Å²) in [5.41, 5.74) is 2.92. The standard InChI is InChI=1S/C28H25N7O3S2/c36-25(32-13-15-33(16-14-32)27-29-23-12-11-22(35(37)38)17-24(23)40-27)19-39-28-31-30-26(21-9-5-2-6-10-21)34(28)18-20-7-3-1-4-8-20/h1-12,17H,13-16,18-19H2. The van der Waals surface area contributed by atoms with E-state index in [0.717, 1.165) is 32.3 Å². The third-order valence-corrected chi connectivity index (χ3v) is 8.76. The normalized spacial score (nSPS) is 13.6. The second-order valence-electron chi connectivity index (χ2n) is 9.31. The van der Waals surface area contributed by atoms with E-state index in [1.54, 1.807) is 12.1 Å². The lowest BCUT2D eigenvalue weighted by atomic mass is 10.2. The highest BCUT2D eigenvalue weighted by Gasteiger charge is 2.24. The van der Waals surface area contributed by atoms with Crippen LogP contribution in [-0.2, 0) is 11.3 Å². The largest absolute Gasteiger partial charge is 0.345 e. The van der Waals surface area contributed by atoms with Crippen LogP contribution in [-0.4, -0.2) is 67.4 Å². The molecule has 0 radical (unpaired) electrons. The Morgan fingerprint density at radius 3 is 2.40 bits per heavy atom. The van der Waals surface area contributed by atoms with Gasteiger partial charge in [-0.3, -0.25) is 19.5 Å². The van der Waals surface area contributed by atoms with E-state index in [0.29, 0.717) is 37.9 Å². The van der Waals surface area contributed by atoms with Gasteiger partial charge < -0.3 is 9.80 Å². The number of non-ortho nitro benzene ring substituents is 1. The van der Waals surface area contributed by atoms with Gasteiger partial charge in [-0.2, -0.15) is 0 Å². The van der Waals surface area contributed by atoms with E-state index in [1.165, 1.54) is 29.2 Å². The molecule has 1 aliphatic rings. The number of nitrogens with zero attached hydrogens (tertiary/aromatic N) is 7. The second kappa shape index (κ2) is 11.4. The van der Waals surface area contributed by atoms with Crippen LogP contribution in [0.4, 0.5) is 10.8 Å². The molecule has 3 heterocycles. The van der Waals surface area contributed by atoms with Crippen LogP contribution in [0.5, 0.6) is 0 Å². The van der Waals surface area contributed by atoms with Crippen LogP contribution in [0.25, 0.3) is 21.6 Å². The number of carbonyl (C=O) groups is 1. The number of nitro groups is 1. The molecular weight excluding hydrogens is 546 g/mol. The van der Waals surface area contributed by atoms with Gasteiger partial charge in [0.15, 0.2) is 16.1 Å². The number of fused-ring (bicyclic) bond motifs is 1. The molecule has 12 heteroatoms. The van der Waals surface area contributed by atoms with Crippen molar-refractivity contribution in [1.82, 2.24) is 24.6 Å². The summed E-state index contributed by atoms with van der Waals surface area (Å²) >= 11 is 2.85. The highest BCUT2D eigenvalue weighted by Crippen LogP contribution is 2.32. The lowest BCUT2D eigenvalue weighted by Gasteiger charge is -2.34. The number of nitro benzene ring substituents is 1.